The summed E-state index contributed by atoms with van der Waals surface area (Å²) in [6.45, 7) is 0. The molecule has 5 nitrogen and oxygen atoms in total. The van der Waals surface area contributed by atoms with Crippen LogP contribution in [0.25, 0.3) is 16.0 Å². The maximum Gasteiger partial charge on any atom is 0.301 e. The Hall–Kier alpha value is -3.36. The predicted molar refractivity (Wildman–Crippen MR) is 115 cm³/mol. The standard InChI is InChI=1S/C22H13FN2O3S2/c23-13-8-9-14-16(11-13)30-22(24-14)25-18(15-7-4-10-29-15)17(20(27)21(25)28)19(26)12-5-2-1-3-6-12/h1-11,18,26H/b19-17+. The summed E-state index contributed by atoms with van der Waals surface area (Å²) in [6.07, 6.45) is 0. The van der Waals surface area contributed by atoms with Crippen molar-refractivity contribution in [2.45, 2.75) is 6.04 Å². The molecule has 30 heavy (non-hydrogen) atoms. The second-order valence-corrected chi connectivity index (χ2v) is 8.65. The highest BCUT2D eigenvalue weighted by Gasteiger charge is 2.48. The van der Waals surface area contributed by atoms with Gasteiger partial charge in [-0.1, -0.05) is 47.7 Å². The molecule has 1 unspecified atom stereocenters. The van der Waals surface area contributed by atoms with Crippen LogP contribution < -0.4 is 4.90 Å². The van der Waals surface area contributed by atoms with Crippen molar-refractivity contribution in [2.24, 2.45) is 0 Å². The van der Waals surface area contributed by atoms with Gasteiger partial charge in [-0.3, -0.25) is 14.5 Å². The van der Waals surface area contributed by atoms with E-state index < -0.39 is 23.5 Å². The number of fused-ring (bicyclic) bond motifs is 1. The first-order valence-electron chi connectivity index (χ1n) is 9.00. The zero-order chi connectivity index (χ0) is 20.8. The number of ketones is 1. The van der Waals surface area contributed by atoms with Crippen LogP contribution in [0.3, 0.4) is 0 Å². The summed E-state index contributed by atoms with van der Waals surface area (Å²) < 4.78 is 14.2. The van der Waals surface area contributed by atoms with Crippen LogP contribution in [0.15, 0.2) is 71.6 Å². The fourth-order valence-electron chi connectivity index (χ4n) is 3.49. The molecule has 1 aliphatic heterocycles. The molecule has 0 bridgehead atoms. The van der Waals surface area contributed by atoms with E-state index in [1.165, 1.54) is 34.4 Å². The van der Waals surface area contributed by atoms with Gasteiger partial charge in [-0.15, -0.1) is 11.3 Å². The van der Waals surface area contributed by atoms with Crippen LogP contribution in [0.5, 0.6) is 0 Å². The normalized spacial score (nSPS) is 18.4. The number of nitrogens with zero attached hydrogens (tertiary/aromatic N) is 2. The minimum Gasteiger partial charge on any atom is -0.507 e. The molecule has 1 amide bonds. The number of aliphatic hydroxyl groups is 1. The molecule has 0 aliphatic carbocycles. The molecule has 1 atom stereocenters. The zero-order valence-corrected chi connectivity index (χ0v) is 16.9. The van der Waals surface area contributed by atoms with E-state index in [0.717, 1.165) is 16.2 Å². The van der Waals surface area contributed by atoms with Crippen molar-refractivity contribution >= 4 is 55.5 Å². The van der Waals surface area contributed by atoms with Gasteiger partial charge in [0.15, 0.2) is 5.13 Å². The molecule has 1 saturated heterocycles. The van der Waals surface area contributed by atoms with Gasteiger partial charge in [0.1, 0.15) is 17.6 Å². The maximum atomic E-state index is 13.6. The summed E-state index contributed by atoms with van der Waals surface area (Å²) >= 11 is 2.50. The lowest BCUT2D eigenvalue weighted by Gasteiger charge is -2.21. The predicted octanol–water partition coefficient (Wildman–Crippen LogP) is 5.12. The quantitative estimate of drug-likeness (QED) is 0.275. The number of thiazole rings is 1. The van der Waals surface area contributed by atoms with Gasteiger partial charge >= 0.3 is 5.91 Å². The van der Waals surface area contributed by atoms with E-state index in [-0.39, 0.29) is 16.5 Å². The van der Waals surface area contributed by atoms with E-state index in [9.17, 15) is 19.1 Å². The maximum absolute atomic E-state index is 13.6. The molecule has 5 rings (SSSR count). The Bertz CT molecular complexity index is 1310. The summed E-state index contributed by atoms with van der Waals surface area (Å²) in [5.41, 5.74) is 0.994. The SMILES string of the molecule is O=C1C(=O)N(c2nc3ccc(F)cc3s2)C(c2cccs2)/C1=C(\O)c1ccccc1. The van der Waals surface area contributed by atoms with E-state index in [1.54, 1.807) is 36.4 Å². The highest BCUT2D eigenvalue weighted by molar-refractivity contribution is 7.22. The third kappa shape index (κ3) is 2.92. The highest BCUT2D eigenvalue weighted by atomic mass is 32.1. The number of hydrogen-bond acceptors (Lipinski definition) is 6. The number of anilines is 1. The monoisotopic (exact) mass is 436 g/mol. The Balaban J connectivity index is 1.72. The van der Waals surface area contributed by atoms with Crippen LogP contribution in [-0.4, -0.2) is 21.8 Å². The van der Waals surface area contributed by atoms with Crippen molar-refractivity contribution in [1.82, 2.24) is 4.98 Å². The Kier molecular flexibility index (Phi) is 4.45. The van der Waals surface area contributed by atoms with E-state index in [1.807, 2.05) is 11.4 Å². The average molecular weight is 436 g/mol. The molecule has 8 heteroatoms. The molecular formula is C22H13FN2O3S2. The summed E-state index contributed by atoms with van der Waals surface area (Å²) in [5.74, 6) is -2.19. The summed E-state index contributed by atoms with van der Waals surface area (Å²) in [5, 5.41) is 13.1. The molecule has 3 heterocycles. The first kappa shape index (κ1) is 18.7. The van der Waals surface area contributed by atoms with Crippen LogP contribution in [0.1, 0.15) is 16.5 Å². The van der Waals surface area contributed by atoms with Crippen molar-refractivity contribution in [3.05, 3.63) is 87.9 Å². The number of halogens is 1. The highest BCUT2D eigenvalue weighted by Crippen LogP contribution is 2.45. The molecule has 1 aliphatic rings. The second-order valence-electron chi connectivity index (χ2n) is 6.66. The number of carbonyl (C=O) groups excluding carboxylic acids is 2. The molecule has 2 aromatic carbocycles. The summed E-state index contributed by atoms with van der Waals surface area (Å²) in [7, 11) is 0. The number of rotatable bonds is 3. The molecule has 1 N–H and O–H groups in total. The number of Topliss-reactive ketones (excluding diaryl/α,β-unsaturated/α-hetero) is 1. The lowest BCUT2D eigenvalue weighted by atomic mass is 10.00. The molecule has 148 valence electrons. The van der Waals surface area contributed by atoms with Crippen LogP contribution >= 0.6 is 22.7 Å². The molecule has 0 spiro atoms. The number of aliphatic hydroxyl groups excluding tert-OH is 1. The fraction of sp³-hybridized carbons (Fsp3) is 0.0455. The van der Waals surface area contributed by atoms with Crippen molar-refractivity contribution in [3.63, 3.8) is 0 Å². The van der Waals surface area contributed by atoms with Gasteiger partial charge in [0, 0.05) is 10.4 Å². The van der Waals surface area contributed by atoms with E-state index in [0.29, 0.717) is 15.8 Å². The Morgan fingerprint density at radius 1 is 1.07 bits per heavy atom. The molecule has 1 fully saturated rings. The van der Waals surface area contributed by atoms with E-state index in [2.05, 4.69) is 4.98 Å². The molecule has 0 saturated carbocycles. The van der Waals surface area contributed by atoms with Crippen molar-refractivity contribution in [1.29, 1.82) is 0 Å². The van der Waals surface area contributed by atoms with Gasteiger partial charge in [-0.25, -0.2) is 9.37 Å². The number of hydrogen-bond donors (Lipinski definition) is 1. The number of carbonyl (C=O) groups is 2. The summed E-state index contributed by atoms with van der Waals surface area (Å²) in [4.78, 5) is 32.5. The van der Waals surface area contributed by atoms with Gasteiger partial charge in [0.2, 0.25) is 0 Å². The molecular weight excluding hydrogens is 423 g/mol. The number of thiophene rings is 1. The van der Waals surface area contributed by atoms with Gasteiger partial charge in [-0.05, 0) is 29.6 Å². The van der Waals surface area contributed by atoms with Crippen molar-refractivity contribution < 1.29 is 19.1 Å². The third-order valence-corrected chi connectivity index (χ3v) is 6.79. The number of aromatic nitrogens is 1. The van der Waals surface area contributed by atoms with Crippen LogP contribution in [0.4, 0.5) is 9.52 Å². The molecule has 2 aromatic heterocycles. The molecule has 0 radical (unpaired) electrons. The van der Waals surface area contributed by atoms with Gasteiger partial charge in [0.05, 0.1) is 15.8 Å². The first-order valence-corrected chi connectivity index (χ1v) is 10.7. The Labute approximate surface area is 178 Å². The van der Waals surface area contributed by atoms with Gasteiger partial charge in [0.25, 0.3) is 5.78 Å². The van der Waals surface area contributed by atoms with Crippen LogP contribution in [0, 0.1) is 5.82 Å². The Morgan fingerprint density at radius 3 is 2.60 bits per heavy atom. The van der Waals surface area contributed by atoms with Gasteiger partial charge < -0.3 is 5.11 Å². The minimum absolute atomic E-state index is 0.0130. The van der Waals surface area contributed by atoms with Crippen LogP contribution in [0.2, 0.25) is 0 Å². The van der Waals surface area contributed by atoms with Crippen LogP contribution in [-0.2, 0) is 9.59 Å². The minimum atomic E-state index is -0.810. The molecule has 4 aromatic rings. The Morgan fingerprint density at radius 2 is 1.87 bits per heavy atom. The van der Waals surface area contributed by atoms with E-state index >= 15 is 0 Å². The number of benzene rings is 2. The first-order chi connectivity index (χ1) is 14.5. The topological polar surface area (TPSA) is 70.5 Å². The largest absolute Gasteiger partial charge is 0.507 e. The second kappa shape index (κ2) is 7.16. The lowest BCUT2D eigenvalue weighted by molar-refractivity contribution is -0.132. The fourth-order valence-corrected chi connectivity index (χ4v) is 5.33. The lowest BCUT2D eigenvalue weighted by Crippen LogP contribution is -2.28. The van der Waals surface area contributed by atoms with Gasteiger partial charge in [-0.2, -0.15) is 0 Å². The zero-order valence-electron chi connectivity index (χ0n) is 15.3. The smallest absolute Gasteiger partial charge is 0.301 e. The average Bonchev–Trinajstić information content (AvgIpc) is 3.47. The number of amides is 1. The van der Waals surface area contributed by atoms with Crippen molar-refractivity contribution in [2.75, 3.05) is 4.90 Å². The van der Waals surface area contributed by atoms with E-state index in [4.69, 9.17) is 0 Å². The van der Waals surface area contributed by atoms with Crippen molar-refractivity contribution in [3.8, 4) is 0 Å². The third-order valence-electron chi connectivity index (χ3n) is 4.85. The summed E-state index contributed by atoms with van der Waals surface area (Å²) in [6, 6.07) is 15.6.